The first-order valence-corrected chi connectivity index (χ1v) is 11.2. The first-order valence-electron chi connectivity index (χ1n) is 10.3. The highest BCUT2D eigenvalue weighted by Gasteiger charge is 2.44. The minimum absolute atomic E-state index is 0.0324. The number of anilines is 3. The zero-order valence-electron chi connectivity index (χ0n) is 18.4. The summed E-state index contributed by atoms with van der Waals surface area (Å²) < 4.78 is 0. The van der Waals surface area contributed by atoms with Crippen molar-refractivity contribution in [1.82, 2.24) is 0 Å². The van der Waals surface area contributed by atoms with Gasteiger partial charge in [-0.3, -0.25) is 19.3 Å². The molecule has 0 spiro atoms. The first kappa shape index (κ1) is 22.3. The summed E-state index contributed by atoms with van der Waals surface area (Å²) in [6.45, 7) is 1.40. The maximum atomic E-state index is 13.4. The van der Waals surface area contributed by atoms with Gasteiger partial charge in [0.05, 0.1) is 16.5 Å². The van der Waals surface area contributed by atoms with E-state index in [2.05, 4.69) is 5.32 Å². The third kappa shape index (κ3) is 4.25. The van der Waals surface area contributed by atoms with E-state index >= 15 is 0 Å². The molecule has 1 atom stereocenters. The molecule has 0 bridgehead atoms. The molecular weight excluding hydrogens is 438 g/mol. The van der Waals surface area contributed by atoms with Crippen molar-refractivity contribution >= 4 is 46.0 Å². The van der Waals surface area contributed by atoms with Gasteiger partial charge in [-0.05, 0) is 47.3 Å². The molecule has 1 aliphatic rings. The molecule has 0 aliphatic carbocycles. The van der Waals surface area contributed by atoms with Crippen LogP contribution in [0.15, 0.2) is 77.4 Å². The van der Waals surface area contributed by atoms with Crippen LogP contribution in [0.5, 0.6) is 0 Å². The van der Waals surface area contributed by atoms with Crippen molar-refractivity contribution in [3.05, 3.63) is 87.8 Å². The number of Topliss-reactive ketones (excluding diaryl/α,β-unsaturated/α-hetero) is 1. The van der Waals surface area contributed by atoms with E-state index in [1.54, 1.807) is 41.8 Å². The van der Waals surface area contributed by atoms with E-state index in [1.165, 1.54) is 23.2 Å². The molecule has 168 valence electrons. The van der Waals surface area contributed by atoms with Gasteiger partial charge in [-0.15, -0.1) is 11.3 Å². The molecule has 4 rings (SSSR count). The molecule has 0 saturated carbocycles. The Labute approximate surface area is 195 Å². The fourth-order valence-electron chi connectivity index (χ4n) is 3.85. The SMILES string of the molecule is CC(=O)Nc1cccc(N2C(=O)C(O)=C(C(=O)c3cccs3)C2c2ccc(N(C)C)cc2)c1. The van der Waals surface area contributed by atoms with Gasteiger partial charge in [0.1, 0.15) is 0 Å². The third-order valence-corrected chi connectivity index (χ3v) is 6.24. The molecule has 8 heteroatoms. The van der Waals surface area contributed by atoms with Gasteiger partial charge < -0.3 is 15.3 Å². The number of carbonyl (C=O) groups is 3. The van der Waals surface area contributed by atoms with Crippen LogP contribution in [-0.2, 0) is 9.59 Å². The molecule has 1 aromatic heterocycles. The van der Waals surface area contributed by atoms with Gasteiger partial charge in [-0.2, -0.15) is 0 Å². The van der Waals surface area contributed by atoms with E-state index in [4.69, 9.17) is 0 Å². The molecule has 2 amide bonds. The van der Waals surface area contributed by atoms with Gasteiger partial charge >= 0.3 is 0 Å². The number of hydrogen-bond acceptors (Lipinski definition) is 6. The van der Waals surface area contributed by atoms with Crippen molar-refractivity contribution in [3.8, 4) is 0 Å². The van der Waals surface area contributed by atoms with Crippen molar-refractivity contribution in [2.45, 2.75) is 13.0 Å². The van der Waals surface area contributed by atoms with Crippen LogP contribution < -0.4 is 15.1 Å². The van der Waals surface area contributed by atoms with Crippen LogP contribution >= 0.6 is 11.3 Å². The third-order valence-electron chi connectivity index (χ3n) is 5.37. The number of hydrogen-bond donors (Lipinski definition) is 2. The molecule has 1 aliphatic heterocycles. The summed E-state index contributed by atoms with van der Waals surface area (Å²) in [5.74, 6) is -1.88. The summed E-state index contributed by atoms with van der Waals surface area (Å²) in [7, 11) is 3.84. The maximum absolute atomic E-state index is 13.4. The van der Waals surface area contributed by atoms with Crippen LogP contribution in [0.25, 0.3) is 0 Å². The Kier molecular flexibility index (Phi) is 6.02. The van der Waals surface area contributed by atoms with Gasteiger partial charge in [0, 0.05) is 38.1 Å². The van der Waals surface area contributed by atoms with Crippen molar-refractivity contribution in [2.75, 3.05) is 29.2 Å². The monoisotopic (exact) mass is 461 g/mol. The Balaban J connectivity index is 1.84. The van der Waals surface area contributed by atoms with E-state index in [9.17, 15) is 19.5 Å². The Morgan fingerprint density at radius 1 is 1.06 bits per heavy atom. The summed E-state index contributed by atoms with van der Waals surface area (Å²) in [6.07, 6.45) is 0. The Bertz CT molecular complexity index is 1250. The molecule has 2 N–H and O–H groups in total. The molecule has 2 heterocycles. The van der Waals surface area contributed by atoms with Crippen molar-refractivity contribution in [2.24, 2.45) is 0 Å². The standard InChI is InChI=1S/C25H23N3O4S/c1-15(29)26-17-6-4-7-19(14-17)28-22(16-9-11-18(12-10-16)27(2)3)21(24(31)25(28)32)23(30)20-8-5-13-33-20/h4-14,22,31H,1-3H3,(H,26,29). The van der Waals surface area contributed by atoms with Crippen LogP contribution in [0.3, 0.4) is 0 Å². The Morgan fingerprint density at radius 3 is 2.39 bits per heavy atom. The number of ketones is 1. The largest absolute Gasteiger partial charge is 0.503 e. The number of nitrogens with one attached hydrogen (secondary N) is 1. The lowest BCUT2D eigenvalue weighted by Gasteiger charge is -2.27. The number of thiophene rings is 1. The number of benzene rings is 2. The number of carbonyl (C=O) groups excluding carboxylic acids is 3. The number of nitrogens with zero attached hydrogens (tertiary/aromatic N) is 2. The van der Waals surface area contributed by atoms with Gasteiger partial charge in [-0.25, -0.2) is 0 Å². The number of aliphatic hydroxyl groups excluding tert-OH is 1. The molecule has 7 nitrogen and oxygen atoms in total. The average Bonchev–Trinajstić information content (AvgIpc) is 3.41. The lowest BCUT2D eigenvalue weighted by atomic mass is 9.95. The number of rotatable bonds is 6. The van der Waals surface area contributed by atoms with E-state index < -0.39 is 23.5 Å². The van der Waals surface area contributed by atoms with Crippen molar-refractivity contribution in [1.29, 1.82) is 0 Å². The van der Waals surface area contributed by atoms with Gasteiger partial charge in [-0.1, -0.05) is 24.3 Å². The Morgan fingerprint density at radius 2 is 1.79 bits per heavy atom. The molecule has 3 aromatic rings. The smallest absolute Gasteiger partial charge is 0.294 e. The topological polar surface area (TPSA) is 90.0 Å². The second-order valence-corrected chi connectivity index (χ2v) is 8.81. The lowest BCUT2D eigenvalue weighted by Crippen LogP contribution is -2.31. The average molecular weight is 462 g/mol. The van der Waals surface area contributed by atoms with E-state index in [-0.39, 0.29) is 11.5 Å². The van der Waals surface area contributed by atoms with Crippen LogP contribution in [0.4, 0.5) is 17.1 Å². The van der Waals surface area contributed by atoms with Crippen molar-refractivity contribution in [3.63, 3.8) is 0 Å². The second kappa shape index (κ2) is 8.91. The predicted octanol–water partition coefficient (Wildman–Crippen LogP) is 4.56. The molecule has 0 radical (unpaired) electrons. The maximum Gasteiger partial charge on any atom is 0.294 e. The highest BCUT2D eigenvalue weighted by atomic mass is 32.1. The summed E-state index contributed by atoms with van der Waals surface area (Å²) in [4.78, 5) is 41.9. The number of amides is 2. The van der Waals surface area contributed by atoms with Crippen LogP contribution in [0, 0.1) is 0 Å². The summed E-state index contributed by atoms with van der Waals surface area (Å²) in [5, 5.41) is 15.3. The van der Waals surface area contributed by atoms with Crippen LogP contribution in [0.1, 0.15) is 28.2 Å². The molecule has 33 heavy (non-hydrogen) atoms. The van der Waals surface area contributed by atoms with Crippen LogP contribution in [0.2, 0.25) is 0 Å². The minimum Gasteiger partial charge on any atom is -0.503 e. The van der Waals surface area contributed by atoms with E-state index in [1.807, 2.05) is 43.3 Å². The molecule has 0 fully saturated rings. The fourth-order valence-corrected chi connectivity index (χ4v) is 4.53. The Hall–Kier alpha value is -3.91. The van der Waals surface area contributed by atoms with E-state index in [0.29, 0.717) is 21.8 Å². The zero-order valence-corrected chi connectivity index (χ0v) is 19.2. The van der Waals surface area contributed by atoms with Gasteiger partial charge in [0.2, 0.25) is 11.7 Å². The lowest BCUT2D eigenvalue weighted by molar-refractivity contribution is -0.117. The minimum atomic E-state index is -0.823. The summed E-state index contributed by atoms with van der Waals surface area (Å²) in [5.41, 5.74) is 2.63. The molecule has 2 aromatic carbocycles. The quantitative estimate of drug-likeness (QED) is 0.526. The van der Waals surface area contributed by atoms with Gasteiger partial charge in [0.15, 0.2) is 5.76 Å². The van der Waals surface area contributed by atoms with E-state index in [0.717, 1.165) is 5.69 Å². The zero-order chi connectivity index (χ0) is 23.7. The number of aliphatic hydroxyl groups is 1. The molecule has 1 unspecified atom stereocenters. The van der Waals surface area contributed by atoms with Crippen LogP contribution in [-0.4, -0.2) is 36.8 Å². The van der Waals surface area contributed by atoms with Crippen molar-refractivity contribution < 1.29 is 19.5 Å². The highest BCUT2D eigenvalue weighted by Crippen LogP contribution is 2.43. The summed E-state index contributed by atoms with van der Waals surface area (Å²) in [6, 6.07) is 16.8. The first-order chi connectivity index (χ1) is 15.8. The molecule has 0 saturated heterocycles. The normalized spacial score (nSPS) is 15.7. The fraction of sp³-hybridized carbons (Fsp3) is 0.160. The predicted molar refractivity (Wildman–Crippen MR) is 130 cm³/mol. The highest BCUT2D eigenvalue weighted by molar-refractivity contribution is 7.12. The van der Waals surface area contributed by atoms with Gasteiger partial charge in [0.25, 0.3) is 5.91 Å². The summed E-state index contributed by atoms with van der Waals surface area (Å²) >= 11 is 1.25. The second-order valence-electron chi connectivity index (χ2n) is 7.86. The molecular formula is C25H23N3O4S.